The summed E-state index contributed by atoms with van der Waals surface area (Å²) in [7, 11) is 0. The number of hydrogen-bond donors (Lipinski definition) is 0. The Balaban J connectivity index is 1.19. The van der Waals surface area contributed by atoms with Crippen LogP contribution in [0.3, 0.4) is 0 Å². The molecule has 2 aromatic rings. The van der Waals surface area contributed by atoms with Gasteiger partial charge in [0.2, 0.25) is 0 Å². The van der Waals surface area contributed by atoms with Crippen molar-refractivity contribution in [3.05, 3.63) is 44.7 Å². The summed E-state index contributed by atoms with van der Waals surface area (Å²) in [5.74, 6) is 1.65. The van der Waals surface area contributed by atoms with Crippen LogP contribution in [0.4, 0.5) is 0 Å². The molecule has 0 atom stereocenters. The number of likely N-dealkylation sites (tertiary alicyclic amines) is 1. The Hall–Kier alpha value is -1.95. The molecule has 0 amide bonds. The van der Waals surface area contributed by atoms with Gasteiger partial charge in [0.25, 0.3) is 5.56 Å². The zero-order chi connectivity index (χ0) is 18.2. The molecule has 6 nitrogen and oxygen atoms in total. The van der Waals surface area contributed by atoms with Crippen LogP contribution < -0.4 is 5.56 Å². The van der Waals surface area contributed by atoms with E-state index in [1.807, 2.05) is 6.07 Å². The van der Waals surface area contributed by atoms with Gasteiger partial charge in [-0.15, -0.1) is 0 Å². The normalized spacial score (nSPS) is 20.6. The van der Waals surface area contributed by atoms with Crippen LogP contribution in [0, 0.1) is 5.92 Å². The van der Waals surface area contributed by atoms with Crippen LogP contribution in [0.5, 0.6) is 0 Å². The van der Waals surface area contributed by atoms with E-state index in [0.29, 0.717) is 5.92 Å². The molecule has 0 radical (unpaired) electrons. The summed E-state index contributed by atoms with van der Waals surface area (Å²) in [5, 5.41) is 8.99. The first-order valence-corrected chi connectivity index (χ1v) is 10.5. The van der Waals surface area contributed by atoms with E-state index in [2.05, 4.69) is 10.1 Å². The van der Waals surface area contributed by atoms with Crippen LogP contribution in [0.1, 0.15) is 60.4 Å². The Kier molecular flexibility index (Phi) is 4.60. The minimum atomic E-state index is 0.0799. The van der Waals surface area contributed by atoms with Gasteiger partial charge in [-0.1, -0.05) is 5.16 Å². The topological polar surface area (TPSA) is 64.2 Å². The third-order valence-corrected chi connectivity index (χ3v) is 6.57. The highest BCUT2D eigenvalue weighted by Gasteiger charge is 2.25. The first-order chi connectivity index (χ1) is 13.3. The van der Waals surface area contributed by atoms with Crippen LogP contribution in [0.2, 0.25) is 0 Å². The van der Waals surface area contributed by atoms with Gasteiger partial charge in [-0.2, -0.15) is 5.10 Å². The van der Waals surface area contributed by atoms with E-state index in [1.165, 1.54) is 30.4 Å². The second kappa shape index (κ2) is 7.23. The van der Waals surface area contributed by atoms with Gasteiger partial charge in [0.1, 0.15) is 11.5 Å². The zero-order valence-electron chi connectivity index (χ0n) is 16.0. The molecule has 0 aromatic carbocycles. The predicted octanol–water partition coefficient (Wildman–Crippen LogP) is 2.51. The lowest BCUT2D eigenvalue weighted by atomic mass is 9.95. The van der Waals surface area contributed by atoms with E-state index < -0.39 is 0 Å². The number of rotatable bonds is 4. The summed E-state index contributed by atoms with van der Waals surface area (Å²) in [5.41, 5.74) is 4.92. The highest BCUT2D eigenvalue weighted by atomic mass is 16.5. The number of piperidine rings is 1. The summed E-state index contributed by atoms with van der Waals surface area (Å²) in [4.78, 5) is 14.9. The second-order valence-corrected chi connectivity index (χ2v) is 8.45. The maximum atomic E-state index is 12.4. The van der Waals surface area contributed by atoms with Crippen molar-refractivity contribution < 1.29 is 4.52 Å². The summed E-state index contributed by atoms with van der Waals surface area (Å²) in [6.45, 7) is 3.79. The Bertz CT molecular complexity index is 877. The molecule has 0 unspecified atom stereocenters. The molecule has 6 heteroatoms. The van der Waals surface area contributed by atoms with Crippen molar-refractivity contribution in [2.45, 2.75) is 70.9 Å². The lowest BCUT2D eigenvalue weighted by molar-refractivity contribution is 0.159. The standard InChI is InChI=1S/C21H28N4O2/c26-21-12-16-4-1-2-6-18(16)22-25(21)13-15-8-10-24(11-9-15)14-19-17-5-3-7-20(17)27-23-19/h12,15H,1-11,13-14H2. The number of fused-ring (bicyclic) bond motifs is 2. The van der Waals surface area contributed by atoms with Crippen LogP contribution in [-0.4, -0.2) is 32.9 Å². The fourth-order valence-electron chi connectivity index (χ4n) is 4.93. The minimum Gasteiger partial charge on any atom is -0.361 e. The van der Waals surface area contributed by atoms with E-state index in [4.69, 9.17) is 9.62 Å². The van der Waals surface area contributed by atoms with Crippen LogP contribution >= 0.6 is 0 Å². The van der Waals surface area contributed by atoms with Gasteiger partial charge < -0.3 is 4.52 Å². The van der Waals surface area contributed by atoms with Gasteiger partial charge in [-0.05, 0) is 75.9 Å². The molecule has 0 spiro atoms. The molecule has 0 saturated carbocycles. The Morgan fingerprint density at radius 3 is 2.81 bits per heavy atom. The minimum absolute atomic E-state index is 0.0799. The molecule has 1 aliphatic heterocycles. The quantitative estimate of drug-likeness (QED) is 0.830. The number of aromatic nitrogens is 3. The molecule has 3 heterocycles. The van der Waals surface area contributed by atoms with Crippen LogP contribution in [0.15, 0.2) is 15.4 Å². The van der Waals surface area contributed by atoms with Gasteiger partial charge in [0.05, 0.1) is 5.69 Å². The fourth-order valence-corrected chi connectivity index (χ4v) is 4.93. The average molecular weight is 368 g/mol. The van der Waals surface area contributed by atoms with E-state index in [-0.39, 0.29) is 5.56 Å². The molecule has 5 rings (SSSR count). The number of hydrogen-bond acceptors (Lipinski definition) is 5. The lowest BCUT2D eigenvalue weighted by Gasteiger charge is -2.31. The Labute approximate surface area is 159 Å². The summed E-state index contributed by atoms with van der Waals surface area (Å²) in [6, 6.07) is 1.84. The Morgan fingerprint density at radius 1 is 1.07 bits per heavy atom. The number of nitrogens with zero attached hydrogens (tertiary/aromatic N) is 4. The van der Waals surface area contributed by atoms with Crippen molar-refractivity contribution in [1.82, 2.24) is 19.8 Å². The van der Waals surface area contributed by atoms with E-state index in [1.54, 1.807) is 4.68 Å². The van der Waals surface area contributed by atoms with Crippen molar-refractivity contribution in [3.8, 4) is 0 Å². The number of aryl methyl sites for hydroxylation is 3. The van der Waals surface area contributed by atoms with Crippen molar-refractivity contribution in [2.75, 3.05) is 13.1 Å². The Morgan fingerprint density at radius 2 is 1.93 bits per heavy atom. The lowest BCUT2D eigenvalue weighted by Crippen LogP contribution is -2.37. The monoisotopic (exact) mass is 368 g/mol. The van der Waals surface area contributed by atoms with Gasteiger partial charge in [0, 0.05) is 31.1 Å². The van der Waals surface area contributed by atoms with E-state index in [9.17, 15) is 4.79 Å². The first-order valence-electron chi connectivity index (χ1n) is 10.5. The fraction of sp³-hybridized carbons (Fsp3) is 0.667. The van der Waals surface area contributed by atoms with Gasteiger partial charge >= 0.3 is 0 Å². The van der Waals surface area contributed by atoms with Crippen LogP contribution in [0.25, 0.3) is 0 Å². The molecular weight excluding hydrogens is 340 g/mol. The highest BCUT2D eigenvalue weighted by Crippen LogP contribution is 2.27. The summed E-state index contributed by atoms with van der Waals surface area (Å²) < 4.78 is 7.22. The SMILES string of the molecule is O=c1cc2c(nn1CC1CCN(Cc3noc4c3CCC4)CC1)CCCC2. The van der Waals surface area contributed by atoms with Gasteiger partial charge in [-0.25, -0.2) is 4.68 Å². The molecule has 1 fully saturated rings. The smallest absolute Gasteiger partial charge is 0.267 e. The van der Waals surface area contributed by atoms with Crippen molar-refractivity contribution in [3.63, 3.8) is 0 Å². The molecular formula is C21H28N4O2. The average Bonchev–Trinajstić information content (AvgIpc) is 3.29. The maximum absolute atomic E-state index is 12.4. The van der Waals surface area contributed by atoms with Crippen LogP contribution in [-0.2, 0) is 38.8 Å². The predicted molar refractivity (Wildman–Crippen MR) is 102 cm³/mol. The van der Waals surface area contributed by atoms with Gasteiger partial charge in [-0.3, -0.25) is 9.69 Å². The molecule has 144 valence electrons. The highest BCUT2D eigenvalue weighted by molar-refractivity contribution is 5.27. The van der Waals surface area contributed by atoms with E-state index >= 15 is 0 Å². The third kappa shape index (κ3) is 3.47. The van der Waals surface area contributed by atoms with Crippen molar-refractivity contribution in [2.24, 2.45) is 5.92 Å². The molecule has 0 bridgehead atoms. The van der Waals surface area contributed by atoms with Crippen molar-refractivity contribution in [1.29, 1.82) is 0 Å². The molecule has 1 saturated heterocycles. The van der Waals surface area contributed by atoms with Gasteiger partial charge in [0.15, 0.2) is 0 Å². The summed E-state index contributed by atoms with van der Waals surface area (Å²) >= 11 is 0. The third-order valence-electron chi connectivity index (χ3n) is 6.57. The largest absolute Gasteiger partial charge is 0.361 e. The van der Waals surface area contributed by atoms with Crippen molar-refractivity contribution >= 4 is 0 Å². The molecule has 2 aromatic heterocycles. The molecule has 27 heavy (non-hydrogen) atoms. The molecule has 2 aliphatic carbocycles. The molecule has 0 N–H and O–H groups in total. The molecule has 3 aliphatic rings. The zero-order valence-corrected chi connectivity index (χ0v) is 16.0. The maximum Gasteiger partial charge on any atom is 0.267 e. The summed E-state index contributed by atoms with van der Waals surface area (Å²) in [6.07, 6.45) is 10.0. The second-order valence-electron chi connectivity index (χ2n) is 8.45. The van der Waals surface area contributed by atoms with E-state index in [0.717, 1.165) is 81.9 Å². The first kappa shape index (κ1) is 17.2.